The summed E-state index contributed by atoms with van der Waals surface area (Å²) in [6.07, 6.45) is 1.55. The predicted octanol–water partition coefficient (Wildman–Crippen LogP) is 10.8. The van der Waals surface area contributed by atoms with Crippen LogP contribution in [0.2, 0.25) is 0 Å². The summed E-state index contributed by atoms with van der Waals surface area (Å²) in [4.78, 5) is 14.1. The number of oxazole rings is 1. The Morgan fingerprint density at radius 2 is 1.50 bits per heavy atom. The summed E-state index contributed by atoms with van der Waals surface area (Å²) in [6.45, 7) is 17.2. The highest BCUT2D eigenvalue weighted by atomic mass is 16.4. The topological polar surface area (TPSA) is 65.0 Å². The van der Waals surface area contributed by atoms with Crippen LogP contribution in [-0.4, -0.2) is 15.0 Å². The van der Waals surface area contributed by atoms with Gasteiger partial charge in [-0.1, -0.05) is 80.5 Å². The van der Waals surface area contributed by atoms with Crippen LogP contribution in [0.25, 0.3) is 55.7 Å². The van der Waals surface area contributed by atoms with Crippen LogP contribution in [0.4, 0.5) is 0 Å². The maximum Gasteiger partial charge on any atom is 0.228 e. The number of aromatic nitrogens is 3. The Labute approximate surface area is 252 Å². The van der Waals surface area contributed by atoms with Crippen molar-refractivity contribution >= 4 is 33.0 Å². The summed E-state index contributed by atoms with van der Waals surface area (Å²) >= 11 is 0. The Hall–Kier alpha value is -3.99. The average Bonchev–Trinajstić information content (AvgIpc) is 3.57. The first kappa shape index (κ1) is 24.6. The minimum absolute atomic E-state index is 0.191. The summed E-state index contributed by atoms with van der Waals surface area (Å²) in [6, 6.07) is 13.7. The number of furan rings is 1. The van der Waals surface area contributed by atoms with Gasteiger partial charge in [-0.2, -0.15) is 0 Å². The lowest BCUT2D eigenvalue weighted by molar-refractivity contribution is 0.567. The van der Waals surface area contributed by atoms with Crippen LogP contribution in [-0.2, 0) is 5.41 Å². The number of hydrogen-bond donors (Lipinski definition) is 0. The molecule has 3 aromatic carbocycles. The Morgan fingerprint density at radius 3 is 2.12 bits per heavy atom. The van der Waals surface area contributed by atoms with Crippen molar-refractivity contribution in [1.29, 1.82) is 0 Å². The zero-order valence-electron chi connectivity index (χ0n) is 29.0. The van der Waals surface area contributed by atoms with Gasteiger partial charge in [0.25, 0.3) is 0 Å². The van der Waals surface area contributed by atoms with Crippen LogP contribution in [0, 0.1) is 6.85 Å². The third-order valence-corrected chi connectivity index (χ3v) is 8.20. The highest BCUT2D eigenvalue weighted by molar-refractivity contribution is 6.16. The molecule has 0 saturated carbocycles. The normalized spacial score (nSPS) is 14.0. The molecule has 3 heterocycles. The lowest BCUT2D eigenvalue weighted by Gasteiger charge is -2.21. The summed E-state index contributed by atoms with van der Waals surface area (Å²) < 4.78 is 38.2. The van der Waals surface area contributed by atoms with Crippen molar-refractivity contribution in [2.24, 2.45) is 0 Å². The largest absolute Gasteiger partial charge is 0.453 e. The molecule has 6 aromatic rings. The minimum Gasteiger partial charge on any atom is -0.453 e. The Kier molecular flexibility index (Phi) is 5.90. The smallest absolute Gasteiger partial charge is 0.228 e. The van der Waals surface area contributed by atoms with Crippen molar-refractivity contribution in [3.63, 3.8) is 0 Å². The van der Waals surface area contributed by atoms with E-state index in [-0.39, 0.29) is 22.8 Å². The molecule has 0 bridgehead atoms. The van der Waals surface area contributed by atoms with Crippen LogP contribution < -0.4 is 0 Å². The highest BCUT2D eigenvalue weighted by Crippen LogP contribution is 2.43. The van der Waals surface area contributed by atoms with E-state index in [1.807, 2.05) is 18.2 Å². The van der Waals surface area contributed by atoms with Crippen molar-refractivity contribution in [3.8, 4) is 22.7 Å². The van der Waals surface area contributed by atoms with Crippen LogP contribution in [0.5, 0.6) is 0 Å². The van der Waals surface area contributed by atoms with Gasteiger partial charge in [0.2, 0.25) is 5.89 Å². The molecule has 0 aliphatic heterocycles. The number of hydrogen-bond acceptors (Lipinski definition) is 5. The lowest BCUT2D eigenvalue weighted by atomic mass is 9.84. The molecule has 42 heavy (non-hydrogen) atoms. The van der Waals surface area contributed by atoms with E-state index in [0.717, 1.165) is 11.3 Å². The molecule has 0 atom stereocenters. The van der Waals surface area contributed by atoms with Crippen molar-refractivity contribution in [2.45, 2.75) is 92.3 Å². The Balaban J connectivity index is 1.66. The molecule has 0 radical (unpaired) electrons. The van der Waals surface area contributed by atoms with E-state index in [0.29, 0.717) is 56.1 Å². The van der Waals surface area contributed by atoms with Crippen LogP contribution in [0.15, 0.2) is 57.6 Å². The second-order valence-corrected chi connectivity index (χ2v) is 13.4. The molecule has 0 fully saturated rings. The second-order valence-electron chi connectivity index (χ2n) is 13.4. The van der Waals surface area contributed by atoms with Gasteiger partial charge in [0.05, 0.1) is 5.69 Å². The lowest BCUT2D eigenvalue weighted by Crippen LogP contribution is -2.13. The average molecular weight is 563 g/mol. The van der Waals surface area contributed by atoms with Gasteiger partial charge >= 0.3 is 0 Å². The monoisotopic (exact) mass is 562 g/mol. The zero-order valence-corrected chi connectivity index (χ0v) is 26.0. The Bertz CT molecular complexity index is 2050. The maximum atomic E-state index is 8.35. The SMILES string of the molecule is [2H]C([2H])([2H])c1ccc(-c2cc(C(C)(C)C)ncn2)c2oc3c(ccc4oc(-c5c(C(C)C)cc(C(C)C)cc5C(C)C)nc43)c12. The first-order chi connectivity index (χ1) is 21.1. The first-order valence-electron chi connectivity index (χ1n) is 16.4. The van der Waals surface area contributed by atoms with Crippen LogP contribution >= 0.6 is 0 Å². The van der Waals surface area contributed by atoms with Gasteiger partial charge in [-0.05, 0) is 71.1 Å². The predicted molar refractivity (Wildman–Crippen MR) is 173 cm³/mol. The summed E-state index contributed by atoms with van der Waals surface area (Å²) in [5, 5.41) is 1.22. The number of nitrogens with zero attached hydrogens (tertiary/aromatic N) is 3. The van der Waals surface area contributed by atoms with Gasteiger partial charge in [0.15, 0.2) is 16.7 Å². The maximum absolute atomic E-state index is 8.35. The summed E-state index contributed by atoms with van der Waals surface area (Å²) in [7, 11) is 0. The zero-order chi connectivity index (χ0) is 32.6. The van der Waals surface area contributed by atoms with Gasteiger partial charge in [-0.15, -0.1) is 0 Å². The molecule has 0 aliphatic carbocycles. The third kappa shape index (κ3) is 4.59. The minimum atomic E-state index is -2.35. The molecule has 0 saturated heterocycles. The first-order valence-corrected chi connectivity index (χ1v) is 14.9. The van der Waals surface area contributed by atoms with Crippen LogP contribution in [0.1, 0.15) is 112 Å². The third-order valence-electron chi connectivity index (χ3n) is 8.20. The molecule has 6 rings (SSSR count). The van der Waals surface area contributed by atoms with E-state index in [4.69, 9.17) is 17.9 Å². The number of fused-ring (bicyclic) bond motifs is 5. The van der Waals surface area contributed by atoms with Gasteiger partial charge < -0.3 is 8.83 Å². The molecular weight excluding hydrogens is 518 g/mol. The van der Waals surface area contributed by atoms with Gasteiger partial charge in [-0.3, -0.25) is 0 Å². The van der Waals surface area contributed by atoms with Crippen molar-refractivity contribution in [3.05, 3.63) is 76.7 Å². The molecule has 5 nitrogen and oxygen atoms in total. The number of rotatable bonds is 5. The molecule has 0 unspecified atom stereocenters. The van der Waals surface area contributed by atoms with E-state index >= 15 is 0 Å². The van der Waals surface area contributed by atoms with Gasteiger partial charge in [0, 0.05) is 37.1 Å². The molecule has 0 spiro atoms. The fraction of sp³-hybridized carbons (Fsp3) is 0.378. The standard InChI is InChI=1S/C37H41N3O2/c1-19(2)23-15-26(20(3)4)32(27(16-23)21(5)6)36-40-33-29(41-36)14-13-25-31-22(7)11-12-24(34(31)42-35(25)33)28-17-30(37(8,9)10)39-18-38-28/h11-21H,1-10H3/i7D3. The number of benzene rings is 3. The molecule has 3 aromatic heterocycles. The van der Waals surface area contributed by atoms with Crippen molar-refractivity contribution in [1.82, 2.24) is 15.0 Å². The van der Waals surface area contributed by atoms with E-state index in [9.17, 15) is 0 Å². The van der Waals surface area contributed by atoms with Crippen LogP contribution in [0.3, 0.4) is 0 Å². The molecular formula is C37H41N3O2. The van der Waals surface area contributed by atoms with Gasteiger partial charge in [0.1, 0.15) is 11.9 Å². The summed E-state index contributed by atoms with van der Waals surface area (Å²) in [5.41, 5.74) is 9.10. The van der Waals surface area contributed by atoms with E-state index in [1.54, 1.807) is 18.5 Å². The molecule has 5 heteroatoms. The highest BCUT2D eigenvalue weighted by Gasteiger charge is 2.25. The van der Waals surface area contributed by atoms with Crippen molar-refractivity contribution in [2.75, 3.05) is 0 Å². The fourth-order valence-electron chi connectivity index (χ4n) is 5.75. The van der Waals surface area contributed by atoms with E-state index < -0.39 is 6.85 Å². The quantitative estimate of drug-likeness (QED) is 0.209. The molecule has 0 N–H and O–H groups in total. The molecule has 0 amide bonds. The second kappa shape index (κ2) is 10.1. The Morgan fingerprint density at radius 1 is 0.786 bits per heavy atom. The molecule has 216 valence electrons. The fourth-order valence-corrected chi connectivity index (χ4v) is 5.75. The van der Waals surface area contributed by atoms with E-state index in [1.165, 1.54) is 16.7 Å². The summed E-state index contributed by atoms with van der Waals surface area (Å²) in [5.74, 6) is 1.45. The van der Waals surface area contributed by atoms with E-state index in [2.05, 4.69) is 84.4 Å². The molecule has 0 aliphatic rings. The van der Waals surface area contributed by atoms with Crippen molar-refractivity contribution < 1.29 is 12.9 Å². The van der Waals surface area contributed by atoms with Gasteiger partial charge in [-0.25, -0.2) is 15.0 Å². The number of aryl methyl sites for hydroxylation is 1.